The Morgan fingerprint density at radius 3 is 2.63 bits per heavy atom. The van der Waals surface area contributed by atoms with Crippen molar-refractivity contribution in [3.05, 3.63) is 0 Å². The van der Waals surface area contributed by atoms with Gasteiger partial charge in [0, 0.05) is 37.3 Å². The largest absolute Gasteiger partial charge is 0.343 e. The number of carbonyl (C=O) groups excluding carboxylic acids is 1. The Hall–Kier alpha value is -0.220. The minimum Gasteiger partial charge on any atom is -0.343 e. The summed E-state index contributed by atoms with van der Waals surface area (Å²) in [6.07, 6.45) is 8.31. The Morgan fingerprint density at radius 2 is 2.00 bits per heavy atom. The zero-order valence-electron chi connectivity index (χ0n) is 12.2. The second kappa shape index (κ2) is 8.15. The molecule has 2 rings (SSSR count). The first-order valence-electron chi connectivity index (χ1n) is 7.88. The van der Waals surface area contributed by atoms with E-state index in [2.05, 4.69) is 28.9 Å². The third-order valence-corrected chi connectivity index (χ3v) is 5.56. The number of carbonyl (C=O) groups is 1. The van der Waals surface area contributed by atoms with Crippen LogP contribution in [0.1, 0.15) is 51.9 Å². The molecule has 1 N–H and O–H groups in total. The summed E-state index contributed by atoms with van der Waals surface area (Å²) in [5.41, 5.74) is 0. The van der Waals surface area contributed by atoms with Gasteiger partial charge in [-0.25, -0.2) is 0 Å². The molecule has 110 valence electrons. The van der Waals surface area contributed by atoms with Gasteiger partial charge in [0.25, 0.3) is 0 Å². The van der Waals surface area contributed by atoms with Gasteiger partial charge in [0.15, 0.2) is 0 Å². The van der Waals surface area contributed by atoms with Crippen molar-refractivity contribution in [1.29, 1.82) is 0 Å². The van der Waals surface area contributed by atoms with E-state index in [1.165, 1.54) is 44.3 Å². The summed E-state index contributed by atoms with van der Waals surface area (Å²) >= 11 is 2.08. The number of rotatable bonds is 5. The highest BCUT2D eigenvalue weighted by Crippen LogP contribution is 2.25. The summed E-state index contributed by atoms with van der Waals surface area (Å²) in [6, 6.07) is 0.317. The van der Waals surface area contributed by atoms with Gasteiger partial charge in [0.2, 0.25) is 5.91 Å². The lowest BCUT2D eigenvalue weighted by Gasteiger charge is -2.23. The van der Waals surface area contributed by atoms with Gasteiger partial charge in [-0.3, -0.25) is 4.79 Å². The average molecular weight is 284 g/mol. The maximum absolute atomic E-state index is 12.2. The smallest absolute Gasteiger partial charge is 0.224 e. The van der Waals surface area contributed by atoms with Crippen LogP contribution in [-0.4, -0.2) is 47.5 Å². The van der Waals surface area contributed by atoms with Crippen molar-refractivity contribution in [3.8, 4) is 0 Å². The van der Waals surface area contributed by atoms with E-state index in [1.807, 2.05) is 0 Å². The number of hydrogen-bond acceptors (Lipinski definition) is 3. The lowest BCUT2D eigenvalue weighted by atomic mass is 10.2. The Balaban J connectivity index is 1.65. The van der Waals surface area contributed by atoms with E-state index in [4.69, 9.17) is 0 Å². The van der Waals surface area contributed by atoms with Gasteiger partial charge in [-0.1, -0.05) is 12.8 Å². The quantitative estimate of drug-likeness (QED) is 0.842. The van der Waals surface area contributed by atoms with E-state index >= 15 is 0 Å². The first kappa shape index (κ1) is 15.2. The van der Waals surface area contributed by atoms with Gasteiger partial charge in [-0.15, -0.1) is 0 Å². The molecule has 0 aliphatic carbocycles. The van der Waals surface area contributed by atoms with Crippen molar-refractivity contribution in [2.24, 2.45) is 0 Å². The summed E-state index contributed by atoms with van der Waals surface area (Å²) in [5.74, 6) is 1.66. The van der Waals surface area contributed by atoms with Crippen LogP contribution in [-0.2, 0) is 4.79 Å². The molecule has 2 fully saturated rings. The summed E-state index contributed by atoms with van der Waals surface area (Å²) in [6.45, 7) is 5.17. The first-order valence-corrected chi connectivity index (χ1v) is 8.93. The fourth-order valence-corrected chi connectivity index (χ4v) is 4.14. The molecule has 4 heteroatoms. The van der Waals surface area contributed by atoms with Crippen molar-refractivity contribution >= 4 is 17.7 Å². The topological polar surface area (TPSA) is 32.3 Å². The van der Waals surface area contributed by atoms with Crippen molar-refractivity contribution in [1.82, 2.24) is 10.2 Å². The summed E-state index contributed by atoms with van der Waals surface area (Å²) < 4.78 is 0. The molecule has 0 aromatic rings. The van der Waals surface area contributed by atoms with Gasteiger partial charge in [0.05, 0.1) is 0 Å². The molecule has 0 spiro atoms. The van der Waals surface area contributed by atoms with E-state index in [1.54, 1.807) is 0 Å². The molecule has 2 aliphatic rings. The second-order valence-electron chi connectivity index (χ2n) is 5.94. The lowest BCUT2D eigenvalue weighted by Crippen LogP contribution is -2.39. The van der Waals surface area contributed by atoms with Crippen molar-refractivity contribution in [3.63, 3.8) is 0 Å². The van der Waals surface area contributed by atoms with Crippen LogP contribution in [0.25, 0.3) is 0 Å². The number of nitrogens with one attached hydrogen (secondary N) is 1. The number of amides is 1. The number of likely N-dealkylation sites (tertiary alicyclic amines) is 1. The molecule has 19 heavy (non-hydrogen) atoms. The van der Waals surface area contributed by atoms with E-state index in [9.17, 15) is 4.79 Å². The Kier molecular flexibility index (Phi) is 6.51. The van der Waals surface area contributed by atoms with Crippen molar-refractivity contribution < 1.29 is 4.79 Å². The highest BCUT2D eigenvalue weighted by atomic mass is 32.2. The standard InChI is InChI=1S/C15H28N2OS/c1-13(16-12-14-7-6-10-19-14)11-15(18)17-8-4-2-3-5-9-17/h13-14,16H,2-12H2,1H3. The highest BCUT2D eigenvalue weighted by molar-refractivity contribution is 8.00. The molecule has 0 bridgehead atoms. The molecule has 0 aromatic heterocycles. The van der Waals surface area contributed by atoms with Crippen LogP contribution in [0.4, 0.5) is 0 Å². The average Bonchev–Trinajstić information content (AvgIpc) is 2.76. The van der Waals surface area contributed by atoms with Gasteiger partial charge < -0.3 is 10.2 Å². The fraction of sp³-hybridized carbons (Fsp3) is 0.933. The molecule has 2 unspecified atom stereocenters. The molecule has 0 aromatic carbocycles. The minimum absolute atomic E-state index is 0.317. The molecule has 1 amide bonds. The third kappa shape index (κ3) is 5.35. The Morgan fingerprint density at radius 1 is 1.26 bits per heavy atom. The van der Waals surface area contributed by atoms with Crippen LogP contribution in [0.3, 0.4) is 0 Å². The minimum atomic E-state index is 0.317. The SMILES string of the molecule is CC(CC(=O)N1CCCCCC1)NCC1CCCS1. The predicted molar refractivity (Wildman–Crippen MR) is 82.6 cm³/mol. The zero-order valence-corrected chi connectivity index (χ0v) is 13.0. The van der Waals surface area contributed by atoms with Crippen LogP contribution in [0.5, 0.6) is 0 Å². The van der Waals surface area contributed by atoms with E-state index in [0.29, 0.717) is 18.4 Å². The van der Waals surface area contributed by atoms with Crippen LogP contribution in [0.2, 0.25) is 0 Å². The molecule has 2 heterocycles. The summed E-state index contributed by atoms with van der Waals surface area (Å²) in [5, 5.41) is 4.32. The third-order valence-electron chi connectivity index (χ3n) is 4.16. The lowest BCUT2D eigenvalue weighted by molar-refractivity contribution is -0.131. The molecule has 3 nitrogen and oxygen atoms in total. The van der Waals surface area contributed by atoms with Gasteiger partial charge in [-0.2, -0.15) is 11.8 Å². The maximum atomic E-state index is 12.2. The van der Waals surface area contributed by atoms with Gasteiger partial charge in [-0.05, 0) is 38.4 Å². The van der Waals surface area contributed by atoms with E-state index < -0.39 is 0 Å². The Bertz CT molecular complexity index is 271. The van der Waals surface area contributed by atoms with Gasteiger partial charge >= 0.3 is 0 Å². The van der Waals surface area contributed by atoms with Gasteiger partial charge in [0.1, 0.15) is 0 Å². The predicted octanol–water partition coefficient (Wildman–Crippen LogP) is 2.65. The zero-order chi connectivity index (χ0) is 13.5. The normalized spacial score (nSPS) is 26.2. The van der Waals surface area contributed by atoms with E-state index in [0.717, 1.165) is 24.9 Å². The molecular weight excluding hydrogens is 256 g/mol. The van der Waals surface area contributed by atoms with Crippen LogP contribution in [0, 0.1) is 0 Å². The van der Waals surface area contributed by atoms with Crippen LogP contribution in [0.15, 0.2) is 0 Å². The molecule has 2 saturated heterocycles. The first-order chi connectivity index (χ1) is 9.25. The second-order valence-corrected chi connectivity index (χ2v) is 7.35. The van der Waals surface area contributed by atoms with Crippen molar-refractivity contribution in [2.75, 3.05) is 25.4 Å². The summed E-state index contributed by atoms with van der Waals surface area (Å²) in [4.78, 5) is 14.3. The molecule has 0 radical (unpaired) electrons. The number of nitrogens with zero attached hydrogens (tertiary/aromatic N) is 1. The number of thioether (sulfide) groups is 1. The summed E-state index contributed by atoms with van der Waals surface area (Å²) in [7, 11) is 0. The number of hydrogen-bond donors (Lipinski definition) is 1. The van der Waals surface area contributed by atoms with Crippen LogP contribution < -0.4 is 5.32 Å². The molecule has 2 atom stereocenters. The maximum Gasteiger partial charge on any atom is 0.224 e. The molecule has 2 aliphatic heterocycles. The Labute approximate surface area is 121 Å². The van der Waals surface area contributed by atoms with Crippen LogP contribution >= 0.6 is 11.8 Å². The monoisotopic (exact) mass is 284 g/mol. The fourth-order valence-electron chi connectivity index (χ4n) is 2.92. The highest BCUT2D eigenvalue weighted by Gasteiger charge is 2.20. The van der Waals surface area contributed by atoms with E-state index in [-0.39, 0.29) is 0 Å². The molecular formula is C15H28N2OS. The van der Waals surface area contributed by atoms with Crippen molar-refractivity contribution in [2.45, 2.75) is 63.2 Å². The molecule has 0 saturated carbocycles.